The van der Waals surface area contributed by atoms with Crippen LogP contribution in [0.4, 0.5) is 5.69 Å². The first-order valence-electron chi connectivity index (χ1n) is 11.7. The molecule has 4 bridgehead atoms. The second-order valence-electron chi connectivity index (χ2n) is 10.6. The lowest BCUT2D eigenvalue weighted by Crippen LogP contribution is -2.59. The summed E-state index contributed by atoms with van der Waals surface area (Å²) in [5.41, 5.74) is 3.51. The van der Waals surface area contributed by atoms with E-state index in [-0.39, 0.29) is 23.3 Å². The number of fused-ring (bicyclic) bond motifs is 1. The molecule has 7 rings (SSSR count). The van der Waals surface area contributed by atoms with Gasteiger partial charge in [0.1, 0.15) is 0 Å². The average Bonchev–Trinajstić information content (AvgIpc) is 2.98. The average molecular weight is 429 g/mol. The Labute approximate surface area is 188 Å². The van der Waals surface area contributed by atoms with Gasteiger partial charge in [0.2, 0.25) is 0 Å². The monoisotopic (exact) mass is 428 g/mol. The highest BCUT2D eigenvalue weighted by molar-refractivity contribution is 6.35. The maximum Gasteiger partial charge on any atom is 0.266 e. The second-order valence-corrected chi connectivity index (χ2v) is 10.6. The number of benzene rings is 2. The molecule has 0 spiro atoms. The molecule has 5 nitrogen and oxygen atoms in total. The summed E-state index contributed by atoms with van der Waals surface area (Å²) in [5, 5.41) is 3.37. The van der Waals surface area contributed by atoms with E-state index in [0.717, 1.165) is 48.1 Å². The van der Waals surface area contributed by atoms with Crippen molar-refractivity contribution in [2.24, 2.45) is 17.8 Å². The molecular formula is C27H28N2O3. The van der Waals surface area contributed by atoms with Crippen LogP contribution < -0.4 is 10.2 Å². The summed E-state index contributed by atoms with van der Waals surface area (Å²) in [6.07, 6.45) is 7.19. The van der Waals surface area contributed by atoms with Crippen LogP contribution in [0.5, 0.6) is 0 Å². The Kier molecular flexibility index (Phi) is 4.17. The van der Waals surface area contributed by atoms with Crippen molar-refractivity contribution in [2.45, 2.75) is 57.9 Å². The van der Waals surface area contributed by atoms with Crippen molar-refractivity contribution in [3.05, 3.63) is 64.2 Å². The van der Waals surface area contributed by atoms with Crippen molar-refractivity contribution >= 4 is 23.4 Å². The van der Waals surface area contributed by atoms with E-state index in [1.165, 1.54) is 24.2 Å². The molecule has 0 saturated heterocycles. The van der Waals surface area contributed by atoms with Gasteiger partial charge in [0, 0.05) is 11.1 Å². The van der Waals surface area contributed by atoms with E-state index in [0.29, 0.717) is 22.4 Å². The Morgan fingerprint density at radius 2 is 1.50 bits per heavy atom. The van der Waals surface area contributed by atoms with Gasteiger partial charge in [-0.1, -0.05) is 12.1 Å². The summed E-state index contributed by atoms with van der Waals surface area (Å²) < 4.78 is 0. The molecule has 1 N–H and O–H groups in total. The number of carbonyl (C=O) groups excluding carboxylic acids is 3. The zero-order valence-corrected chi connectivity index (χ0v) is 18.6. The number of nitrogens with one attached hydrogen (secondary N) is 1. The first kappa shape index (κ1) is 19.7. The number of hydrogen-bond donors (Lipinski definition) is 1. The molecule has 5 heteroatoms. The van der Waals surface area contributed by atoms with E-state index >= 15 is 0 Å². The number of carbonyl (C=O) groups is 3. The lowest BCUT2D eigenvalue weighted by Gasteiger charge is -2.56. The third-order valence-electron chi connectivity index (χ3n) is 8.17. The summed E-state index contributed by atoms with van der Waals surface area (Å²) in [6, 6.07) is 10.7. The first-order valence-corrected chi connectivity index (χ1v) is 11.7. The number of imide groups is 1. The van der Waals surface area contributed by atoms with Gasteiger partial charge < -0.3 is 5.32 Å². The van der Waals surface area contributed by atoms with E-state index in [2.05, 4.69) is 5.32 Å². The Morgan fingerprint density at radius 3 is 2.16 bits per heavy atom. The molecule has 0 radical (unpaired) electrons. The van der Waals surface area contributed by atoms with Gasteiger partial charge in [0.05, 0.1) is 16.8 Å². The fourth-order valence-corrected chi connectivity index (χ4v) is 7.14. The van der Waals surface area contributed by atoms with Crippen molar-refractivity contribution in [2.75, 3.05) is 4.90 Å². The molecule has 3 amide bonds. The summed E-state index contributed by atoms with van der Waals surface area (Å²) in [7, 11) is 0. The van der Waals surface area contributed by atoms with Crippen LogP contribution in [0.15, 0.2) is 36.4 Å². The van der Waals surface area contributed by atoms with Gasteiger partial charge in [0.15, 0.2) is 0 Å². The van der Waals surface area contributed by atoms with Crippen LogP contribution in [-0.4, -0.2) is 23.3 Å². The van der Waals surface area contributed by atoms with Crippen LogP contribution in [0.3, 0.4) is 0 Å². The topological polar surface area (TPSA) is 66.5 Å². The molecular weight excluding hydrogens is 400 g/mol. The number of anilines is 1. The quantitative estimate of drug-likeness (QED) is 0.714. The molecule has 5 aliphatic rings. The second kappa shape index (κ2) is 6.77. The maximum atomic E-state index is 13.2. The van der Waals surface area contributed by atoms with E-state index in [4.69, 9.17) is 0 Å². The summed E-state index contributed by atoms with van der Waals surface area (Å²) in [5.74, 6) is 1.42. The van der Waals surface area contributed by atoms with Crippen LogP contribution in [0, 0.1) is 31.6 Å². The van der Waals surface area contributed by atoms with Gasteiger partial charge in [-0.05, 0) is 106 Å². The lowest BCUT2D eigenvalue weighted by atomic mass is 9.53. The highest BCUT2D eigenvalue weighted by atomic mass is 16.2. The van der Waals surface area contributed by atoms with Crippen LogP contribution >= 0.6 is 0 Å². The predicted octanol–water partition coefficient (Wildman–Crippen LogP) is 4.80. The van der Waals surface area contributed by atoms with E-state index in [1.54, 1.807) is 18.2 Å². The van der Waals surface area contributed by atoms with Crippen LogP contribution in [-0.2, 0) is 0 Å². The van der Waals surface area contributed by atoms with Gasteiger partial charge in [-0.2, -0.15) is 0 Å². The van der Waals surface area contributed by atoms with E-state index < -0.39 is 0 Å². The van der Waals surface area contributed by atoms with Crippen molar-refractivity contribution in [3.63, 3.8) is 0 Å². The fraction of sp³-hybridized carbons (Fsp3) is 0.444. The Balaban J connectivity index is 1.28. The van der Waals surface area contributed by atoms with E-state index in [9.17, 15) is 14.4 Å². The van der Waals surface area contributed by atoms with Crippen LogP contribution in [0.25, 0.3) is 0 Å². The Morgan fingerprint density at radius 1 is 0.875 bits per heavy atom. The maximum absolute atomic E-state index is 13.2. The molecule has 2 aromatic carbocycles. The van der Waals surface area contributed by atoms with E-state index in [1.807, 2.05) is 32.0 Å². The van der Waals surface area contributed by atoms with Gasteiger partial charge >= 0.3 is 0 Å². The minimum atomic E-state index is -0.358. The smallest absolute Gasteiger partial charge is 0.266 e. The van der Waals surface area contributed by atoms with Gasteiger partial charge in [0.25, 0.3) is 17.7 Å². The molecule has 2 aromatic rings. The molecule has 4 fully saturated rings. The molecule has 0 atom stereocenters. The number of amides is 3. The van der Waals surface area contributed by atoms with Crippen LogP contribution in [0.2, 0.25) is 0 Å². The Hall–Kier alpha value is -2.95. The minimum Gasteiger partial charge on any atom is -0.347 e. The van der Waals surface area contributed by atoms with Gasteiger partial charge in [-0.15, -0.1) is 0 Å². The lowest BCUT2D eigenvalue weighted by molar-refractivity contribution is -0.0167. The molecule has 164 valence electrons. The minimum absolute atomic E-state index is 0.0879. The number of rotatable bonds is 3. The number of aryl methyl sites for hydroxylation is 2. The summed E-state index contributed by atoms with van der Waals surface area (Å²) in [6.45, 7) is 3.83. The van der Waals surface area contributed by atoms with Crippen molar-refractivity contribution in [1.29, 1.82) is 0 Å². The zero-order chi connectivity index (χ0) is 22.2. The number of hydrogen-bond acceptors (Lipinski definition) is 3. The van der Waals surface area contributed by atoms with Crippen molar-refractivity contribution < 1.29 is 14.4 Å². The molecule has 1 heterocycles. The molecule has 4 aliphatic carbocycles. The van der Waals surface area contributed by atoms with Crippen molar-refractivity contribution in [1.82, 2.24) is 5.32 Å². The largest absolute Gasteiger partial charge is 0.347 e. The highest BCUT2D eigenvalue weighted by Gasteiger charge is 2.51. The fourth-order valence-electron chi connectivity index (χ4n) is 7.14. The molecule has 0 unspecified atom stereocenters. The SMILES string of the molecule is Cc1ccc(C)c(N2C(=O)c3ccc(C(=O)NC45CC6CC(CC(C6)C4)C5)cc3C2=O)c1. The highest BCUT2D eigenvalue weighted by Crippen LogP contribution is 2.55. The standard InChI is InChI=1S/C27H28N2O3/c1-15-3-4-16(2)23(7-15)29-25(31)21-6-5-20(11-22(21)26(29)32)24(30)28-27-12-17-8-18(13-27)10-19(9-17)14-27/h3-7,11,17-19H,8-10,12-14H2,1-2H3,(H,28,30). The van der Waals surface area contributed by atoms with Crippen LogP contribution in [0.1, 0.15) is 80.7 Å². The summed E-state index contributed by atoms with van der Waals surface area (Å²) >= 11 is 0. The summed E-state index contributed by atoms with van der Waals surface area (Å²) in [4.78, 5) is 40.8. The van der Waals surface area contributed by atoms with Gasteiger partial charge in [-0.3, -0.25) is 14.4 Å². The normalized spacial score (nSPS) is 30.1. The Bertz CT molecular complexity index is 1150. The van der Waals surface area contributed by atoms with Crippen molar-refractivity contribution in [3.8, 4) is 0 Å². The third kappa shape index (κ3) is 2.94. The molecule has 1 aliphatic heterocycles. The third-order valence-corrected chi connectivity index (χ3v) is 8.17. The number of nitrogens with zero attached hydrogens (tertiary/aromatic N) is 1. The van der Waals surface area contributed by atoms with Gasteiger partial charge in [-0.25, -0.2) is 4.90 Å². The molecule has 4 saturated carbocycles. The molecule has 32 heavy (non-hydrogen) atoms. The first-order chi connectivity index (χ1) is 15.3. The molecule has 0 aromatic heterocycles. The predicted molar refractivity (Wildman–Crippen MR) is 122 cm³/mol. The zero-order valence-electron chi connectivity index (χ0n) is 18.6.